The highest BCUT2D eigenvalue weighted by molar-refractivity contribution is 6.30. The van der Waals surface area contributed by atoms with Crippen LogP contribution in [0.2, 0.25) is 5.02 Å². The van der Waals surface area contributed by atoms with Crippen LogP contribution in [-0.4, -0.2) is 25.0 Å². The van der Waals surface area contributed by atoms with E-state index < -0.39 is 6.04 Å². The minimum absolute atomic E-state index is 0.0533. The minimum atomic E-state index is -0.628. The van der Waals surface area contributed by atoms with E-state index >= 15 is 0 Å². The molecule has 0 fully saturated rings. The van der Waals surface area contributed by atoms with E-state index in [2.05, 4.69) is 10.6 Å². The van der Waals surface area contributed by atoms with Crippen molar-refractivity contribution in [2.24, 2.45) is 5.92 Å². The number of hydrogen-bond donors (Lipinski definition) is 2. The molecule has 0 unspecified atom stereocenters. The van der Waals surface area contributed by atoms with Gasteiger partial charge in [0.05, 0.1) is 7.11 Å². The fourth-order valence-electron chi connectivity index (χ4n) is 2.40. The van der Waals surface area contributed by atoms with Crippen molar-refractivity contribution in [1.82, 2.24) is 10.6 Å². The van der Waals surface area contributed by atoms with Gasteiger partial charge in [-0.15, -0.1) is 0 Å². The Labute approximate surface area is 158 Å². The minimum Gasteiger partial charge on any atom is -0.497 e. The second-order valence-electron chi connectivity index (χ2n) is 6.27. The molecule has 26 heavy (non-hydrogen) atoms. The van der Waals surface area contributed by atoms with Gasteiger partial charge in [-0.2, -0.15) is 0 Å². The number of rotatable bonds is 7. The van der Waals surface area contributed by atoms with Gasteiger partial charge in [-0.1, -0.05) is 37.6 Å². The van der Waals surface area contributed by atoms with Crippen LogP contribution in [0.5, 0.6) is 5.75 Å². The lowest BCUT2D eigenvalue weighted by Crippen LogP contribution is -2.49. The Kier molecular flexibility index (Phi) is 7.04. The maximum Gasteiger partial charge on any atom is 0.251 e. The van der Waals surface area contributed by atoms with E-state index in [0.717, 1.165) is 5.56 Å². The van der Waals surface area contributed by atoms with Crippen LogP contribution < -0.4 is 15.4 Å². The summed E-state index contributed by atoms with van der Waals surface area (Å²) in [7, 11) is 1.56. The summed E-state index contributed by atoms with van der Waals surface area (Å²) in [5.41, 5.74) is 1.41. The number of ether oxygens (including phenoxy) is 1. The lowest BCUT2D eigenvalue weighted by atomic mass is 10.0. The molecule has 1 atom stereocenters. The second-order valence-corrected chi connectivity index (χ2v) is 6.70. The Balaban J connectivity index is 1.98. The zero-order valence-corrected chi connectivity index (χ0v) is 15.8. The number of hydrogen-bond acceptors (Lipinski definition) is 3. The summed E-state index contributed by atoms with van der Waals surface area (Å²) < 4.78 is 5.08. The monoisotopic (exact) mass is 374 g/mol. The summed E-state index contributed by atoms with van der Waals surface area (Å²) in [6.07, 6.45) is 0. The first kappa shape index (κ1) is 19.8. The number of nitrogens with one attached hydrogen (secondary N) is 2. The first-order valence-electron chi connectivity index (χ1n) is 8.37. The van der Waals surface area contributed by atoms with Crippen LogP contribution >= 0.6 is 11.6 Å². The van der Waals surface area contributed by atoms with Gasteiger partial charge in [0.25, 0.3) is 5.91 Å². The zero-order valence-electron chi connectivity index (χ0n) is 15.1. The number of methoxy groups -OCH3 is 1. The molecule has 5 nitrogen and oxygen atoms in total. The first-order valence-corrected chi connectivity index (χ1v) is 8.75. The van der Waals surface area contributed by atoms with Gasteiger partial charge < -0.3 is 15.4 Å². The van der Waals surface area contributed by atoms with Crippen molar-refractivity contribution in [3.05, 3.63) is 64.7 Å². The van der Waals surface area contributed by atoms with Crippen molar-refractivity contribution < 1.29 is 14.3 Å². The molecule has 0 saturated carbocycles. The molecule has 2 aromatic rings. The van der Waals surface area contributed by atoms with Gasteiger partial charge in [-0.05, 0) is 47.9 Å². The fourth-order valence-corrected chi connectivity index (χ4v) is 2.53. The first-order chi connectivity index (χ1) is 12.4. The molecule has 6 heteroatoms. The summed E-state index contributed by atoms with van der Waals surface area (Å²) in [5, 5.41) is 6.31. The summed E-state index contributed by atoms with van der Waals surface area (Å²) in [6.45, 7) is 4.15. The van der Waals surface area contributed by atoms with E-state index in [0.29, 0.717) is 22.9 Å². The molecule has 2 rings (SSSR count). The van der Waals surface area contributed by atoms with Crippen molar-refractivity contribution in [2.75, 3.05) is 7.11 Å². The quantitative estimate of drug-likeness (QED) is 0.780. The lowest BCUT2D eigenvalue weighted by Gasteiger charge is -2.22. The maximum absolute atomic E-state index is 12.5. The number of amides is 2. The highest BCUT2D eigenvalue weighted by Crippen LogP contribution is 2.13. The molecule has 0 aliphatic heterocycles. The van der Waals surface area contributed by atoms with Crippen molar-refractivity contribution in [1.29, 1.82) is 0 Å². The van der Waals surface area contributed by atoms with E-state index in [1.807, 2.05) is 26.0 Å². The van der Waals surface area contributed by atoms with E-state index in [1.165, 1.54) is 0 Å². The second kappa shape index (κ2) is 9.25. The fraction of sp³-hybridized carbons (Fsp3) is 0.300. The summed E-state index contributed by atoms with van der Waals surface area (Å²) in [5.74, 6) is 0.0925. The third-order valence-corrected chi connectivity index (χ3v) is 4.22. The van der Waals surface area contributed by atoms with E-state index in [4.69, 9.17) is 16.3 Å². The standard InChI is InChI=1S/C20H23ClN2O3/c1-13(2)18(20(25)22-12-14-4-8-16(21)9-5-14)23-19(24)15-6-10-17(26-3)11-7-15/h4-11,13,18H,12H2,1-3H3,(H,22,25)(H,23,24)/t18-/m1/s1. The van der Waals surface area contributed by atoms with Gasteiger partial charge in [0.2, 0.25) is 5.91 Å². The van der Waals surface area contributed by atoms with Crippen LogP contribution in [-0.2, 0) is 11.3 Å². The molecule has 2 aromatic carbocycles. The Morgan fingerprint density at radius 2 is 1.65 bits per heavy atom. The average Bonchev–Trinajstić information content (AvgIpc) is 2.65. The molecule has 2 amide bonds. The molecule has 0 spiro atoms. The molecule has 0 bridgehead atoms. The Morgan fingerprint density at radius 1 is 1.04 bits per heavy atom. The Bertz CT molecular complexity index is 743. The van der Waals surface area contributed by atoms with E-state index in [-0.39, 0.29) is 17.7 Å². The predicted octanol–water partition coefficient (Wildman–Crippen LogP) is 3.42. The van der Waals surface area contributed by atoms with Crippen LogP contribution in [0.4, 0.5) is 0 Å². The molecule has 0 saturated heterocycles. The van der Waals surface area contributed by atoms with Crippen LogP contribution in [0.15, 0.2) is 48.5 Å². The summed E-state index contributed by atoms with van der Waals surface area (Å²) in [4.78, 5) is 24.9. The summed E-state index contributed by atoms with van der Waals surface area (Å²) in [6, 6.07) is 13.4. The third kappa shape index (κ3) is 5.49. The molecule has 0 aliphatic rings. The largest absolute Gasteiger partial charge is 0.497 e. The van der Waals surface area contributed by atoms with Gasteiger partial charge in [0.1, 0.15) is 11.8 Å². The average molecular weight is 375 g/mol. The summed E-state index contributed by atoms with van der Waals surface area (Å²) >= 11 is 5.86. The number of carbonyl (C=O) groups excluding carboxylic acids is 2. The zero-order chi connectivity index (χ0) is 19.1. The number of halogens is 1. The van der Waals surface area contributed by atoms with Gasteiger partial charge >= 0.3 is 0 Å². The highest BCUT2D eigenvalue weighted by atomic mass is 35.5. The van der Waals surface area contributed by atoms with Crippen molar-refractivity contribution in [3.63, 3.8) is 0 Å². The molecule has 0 aliphatic carbocycles. The lowest BCUT2D eigenvalue weighted by molar-refractivity contribution is -0.124. The molecule has 0 aromatic heterocycles. The third-order valence-electron chi connectivity index (χ3n) is 3.97. The van der Waals surface area contributed by atoms with Crippen molar-refractivity contribution in [3.8, 4) is 5.75 Å². The van der Waals surface area contributed by atoms with Crippen molar-refractivity contribution in [2.45, 2.75) is 26.4 Å². The van der Waals surface area contributed by atoms with Crippen LogP contribution in [0.25, 0.3) is 0 Å². The number of benzene rings is 2. The van der Waals surface area contributed by atoms with Gasteiger partial charge in [-0.25, -0.2) is 0 Å². The topological polar surface area (TPSA) is 67.4 Å². The number of carbonyl (C=O) groups is 2. The van der Waals surface area contributed by atoms with Crippen molar-refractivity contribution >= 4 is 23.4 Å². The smallest absolute Gasteiger partial charge is 0.251 e. The SMILES string of the molecule is COc1ccc(C(=O)N[C@@H](C(=O)NCc2ccc(Cl)cc2)C(C)C)cc1. The highest BCUT2D eigenvalue weighted by Gasteiger charge is 2.24. The van der Waals surface area contributed by atoms with E-state index in [9.17, 15) is 9.59 Å². The molecule has 138 valence electrons. The van der Waals surface area contributed by atoms with Gasteiger partial charge in [0, 0.05) is 17.1 Å². The Hall–Kier alpha value is -2.53. The van der Waals surface area contributed by atoms with E-state index in [1.54, 1.807) is 43.5 Å². The molecule has 0 radical (unpaired) electrons. The van der Waals surface area contributed by atoms with Gasteiger partial charge in [-0.3, -0.25) is 9.59 Å². The molecular weight excluding hydrogens is 352 g/mol. The normalized spacial score (nSPS) is 11.7. The molecule has 2 N–H and O–H groups in total. The van der Waals surface area contributed by atoms with Crippen LogP contribution in [0.1, 0.15) is 29.8 Å². The maximum atomic E-state index is 12.5. The van der Waals surface area contributed by atoms with Gasteiger partial charge in [0.15, 0.2) is 0 Å². The predicted molar refractivity (Wildman–Crippen MR) is 102 cm³/mol. The van der Waals surface area contributed by atoms with Crippen LogP contribution in [0.3, 0.4) is 0 Å². The Morgan fingerprint density at radius 3 is 2.19 bits per heavy atom. The van der Waals surface area contributed by atoms with Crippen LogP contribution in [0, 0.1) is 5.92 Å². The molecule has 0 heterocycles. The molecular formula is C20H23ClN2O3.